The quantitative estimate of drug-likeness (QED) is 0.372. The minimum Gasteiger partial charge on any atom is -0.497 e. The molecule has 2 aromatic carbocycles. The van der Waals surface area contributed by atoms with E-state index in [9.17, 15) is 4.79 Å². The van der Waals surface area contributed by atoms with E-state index in [1.807, 2.05) is 40.2 Å². The Morgan fingerprint density at radius 1 is 1.11 bits per heavy atom. The zero-order valence-corrected chi connectivity index (χ0v) is 20.9. The van der Waals surface area contributed by atoms with Gasteiger partial charge < -0.3 is 14.8 Å². The molecule has 1 amide bonds. The van der Waals surface area contributed by atoms with Gasteiger partial charge >= 0.3 is 0 Å². The van der Waals surface area contributed by atoms with E-state index in [1.54, 1.807) is 14.2 Å². The zero-order valence-electron chi connectivity index (χ0n) is 20.1. The third-order valence-corrected chi connectivity index (χ3v) is 7.45. The lowest BCUT2D eigenvalue weighted by atomic mass is 10.1. The first-order valence-electron chi connectivity index (χ1n) is 11.9. The van der Waals surface area contributed by atoms with Crippen LogP contribution < -0.4 is 14.8 Å². The van der Waals surface area contributed by atoms with Gasteiger partial charge in [-0.25, -0.2) is 4.98 Å². The monoisotopic (exact) mass is 490 g/mol. The molecular formula is C27H30N4O3S. The largest absolute Gasteiger partial charge is 0.497 e. The van der Waals surface area contributed by atoms with Crippen molar-refractivity contribution in [3.8, 4) is 22.8 Å². The number of hydrogen-bond acceptors (Lipinski definition) is 6. The van der Waals surface area contributed by atoms with Gasteiger partial charge in [0.1, 0.15) is 11.5 Å². The second-order valence-corrected chi connectivity index (χ2v) is 9.56. The second kappa shape index (κ2) is 10.5. The summed E-state index contributed by atoms with van der Waals surface area (Å²) >= 11 is 1.53. The molecule has 7 nitrogen and oxygen atoms in total. The molecule has 3 heterocycles. The molecular weight excluding hydrogens is 460 g/mol. The molecule has 0 aliphatic carbocycles. The molecule has 8 heteroatoms. The average Bonchev–Trinajstić information content (AvgIpc) is 3.64. The third-order valence-electron chi connectivity index (χ3n) is 6.57. The first-order chi connectivity index (χ1) is 17.2. The third kappa shape index (κ3) is 5.04. The fourth-order valence-corrected chi connectivity index (χ4v) is 5.60. The number of carbonyl (C=O) groups is 1. The van der Waals surface area contributed by atoms with Crippen LogP contribution >= 0.6 is 11.3 Å². The molecule has 1 aliphatic heterocycles. The fraction of sp³-hybridized carbons (Fsp3) is 0.333. The molecule has 182 valence electrons. The number of ether oxygens (including phenoxy) is 2. The van der Waals surface area contributed by atoms with Crippen molar-refractivity contribution in [3.63, 3.8) is 0 Å². The van der Waals surface area contributed by atoms with Crippen molar-refractivity contribution in [1.29, 1.82) is 0 Å². The van der Waals surface area contributed by atoms with E-state index in [2.05, 4.69) is 34.5 Å². The zero-order chi connectivity index (χ0) is 24.2. The van der Waals surface area contributed by atoms with E-state index in [1.165, 1.54) is 29.7 Å². The molecule has 1 fully saturated rings. The topological polar surface area (TPSA) is 68.1 Å². The number of amides is 1. The van der Waals surface area contributed by atoms with Crippen molar-refractivity contribution in [2.24, 2.45) is 0 Å². The normalized spacial score (nSPS) is 14.8. The Morgan fingerprint density at radius 2 is 1.91 bits per heavy atom. The molecule has 1 aliphatic rings. The molecule has 1 saturated heterocycles. The molecule has 35 heavy (non-hydrogen) atoms. The Balaban J connectivity index is 1.31. The SMILES string of the molecule is COc1ccc(OC)c(-c2cn3c(CC(=O)NCC(c4ccccc4)N4CCCC4)csc3n2)c1. The van der Waals surface area contributed by atoms with Crippen LogP contribution in [0, 0.1) is 0 Å². The van der Waals surface area contributed by atoms with Crippen LogP contribution in [-0.2, 0) is 11.2 Å². The van der Waals surface area contributed by atoms with Crippen LogP contribution in [0.4, 0.5) is 0 Å². The first-order valence-corrected chi connectivity index (χ1v) is 12.8. The number of imidazole rings is 1. The lowest BCUT2D eigenvalue weighted by Gasteiger charge is -2.28. The minimum atomic E-state index is 0.0130. The maximum Gasteiger partial charge on any atom is 0.226 e. The highest BCUT2D eigenvalue weighted by Gasteiger charge is 2.24. The number of nitrogens with zero attached hydrogens (tertiary/aromatic N) is 3. The van der Waals surface area contributed by atoms with Crippen molar-refractivity contribution in [2.75, 3.05) is 33.9 Å². The van der Waals surface area contributed by atoms with E-state index in [-0.39, 0.29) is 11.9 Å². The van der Waals surface area contributed by atoms with Crippen molar-refractivity contribution in [1.82, 2.24) is 19.6 Å². The van der Waals surface area contributed by atoms with Gasteiger partial charge in [-0.2, -0.15) is 0 Å². The summed E-state index contributed by atoms with van der Waals surface area (Å²) in [6.45, 7) is 2.75. The highest BCUT2D eigenvalue weighted by atomic mass is 32.1. The fourth-order valence-electron chi connectivity index (χ4n) is 4.72. The summed E-state index contributed by atoms with van der Waals surface area (Å²) < 4.78 is 12.9. The van der Waals surface area contributed by atoms with Crippen molar-refractivity contribution in [2.45, 2.75) is 25.3 Å². The number of nitrogens with one attached hydrogen (secondary N) is 1. The highest BCUT2D eigenvalue weighted by molar-refractivity contribution is 7.15. The summed E-state index contributed by atoms with van der Waals surface area (Å²) in [5, 5.41) is 5.19. The van der Waals surface area contributed by atoms with E-state index >= 15 is 0 Å². The predicted octanol–water partition coefficient (Wildman–Crippen LogP) is 4.58. The van der Waals surface area contributed by atoms with Crippen LogP contribution in [0.3, 0.4) is 0 Å². The van der Waals surface area contributed by atoms with Crippen LogP contribution in [-0.4, -0.2) is 54.0 Å². The van der Waals surface area contributed by atoms with Crippen molar-refractivity contribution >= 4 is 22.2 Å². The van der Waals surface area contributed by atoms with E-state index in [0.717, 1.165) is 46.5 Å². The van der Waals surface area contributed by atoms with Crippen LogP contribution in [0.25, 0.3) is 16.2 Å². The molecule has 0 bridgehead atoms. The minimum absolute atomic E-state index is 0.0130. The summed E-state index contributed by atoms with van der Waals surface area (Å²) in [6, 6.07) is 16.3. The summed E-state index contributed by atoms with van der Waals surface area (Å²) in [5.74, 6) is 1.48. The van der Waals surface area contributed by atoms with Crippen LogP contribution in [0.5, 0.6) is 11.5 Å². The van der Waals surface area contributed by atoms with E-state index in [0.29, 0.717) is 13.0 Å². The summed E-state index contributed by atoms with van der Waals surface area (Å²) in [5.41, 5.74) is 3.81. The number of carbonyl (C=O) groups excluding carboxylic acids is 1. The molecule has 0 saturated carbocycles. The van der Waals surface area contributed by atoms with Gasteiger partial charge in [-0.15, -0.1) is 11.3 Å². The Hall–Kier alpha value is -3.36. The smallest absolute Gasteiger partial charge is 0.226 e. The van der Waals surface area contributed by atoms with Crippen LogP contribution in [0.15, 0.2) is 60.1 Å². The standard InChI is InChI=1S/C27H30N4O3S/c1-33-21-10-11-25(34-2)22(15-21)23-17-31-20(18-35-27(31)29-23)14-26(32)28-16-24(30-12-6-7-13-30)19-8-4-3-5-9-19/h3-5,8-11,15,17-18,24H,6-7,12-14,16H2,1-2H3,(H,28,32). The number of methoxy groups -OCH3 is 2. The Labute approximate surface area is 209 Å². The first kappa shape index (κ1) is 23.4. The number of benzene rings is 2. The van der Waals surface area contributed by atoms with E-state index < -0.39 is 0 Å². The average molecular weight is 491 g/mol. The Morgan fingerprint density at radius 3 is 2.66 bits per heavy atom. The lowest BCUT2D eigenvalue weighted by Crippen LogP contribution is -2.37. The number of thiazole rings is 1. The van der Waals surface area contributed by atoms with Crippen molar-refractivity contribution < 1.29 is 14.3 Å². The summed E-state index contributed by atoms with van der Waals surface area (Å²) in [6.07, 6.45) is 4.69. The van der Waals surface area contributed by atoms with E-state index in [4.69, 9.17) is 14.5 Å². The molecule has 0 radical (unpaired) electrons. The molecule has 2 aromatic heterocycles. The van der Waals surface area contributed by atoms with Gasteiger partial charge in [0.2, 0.25) is 5.91 Å². The van der Waals surface area contributed by atoms with Gasteiger partial charge in [-0.3, -0.25) is 14.1 Å². The van der Waals surface area contributed by atoms with Gasteiger partial charge in [-0.05, 0) is 49.7 Å². The predicted molar refractivity (Wildman–Crippen MR) is 138 cm³/mol. The molecule has 1 N–H and O–H groups in total. The number of likely N-dealkylation sites (tertiary alicyclic amines) is 1. The van der Waals surface area contributed by atoms with Gasteiger partial charge in [0.25, 0.3) is 0 Å². The molecule has 5 rings (SSSR count). The van der Waals surface area contributed by atoms with Crippen LogP contribution in [0.2, 0.25) is 0 Å². The van der Waals surface area contributed by atoms with Gasteiger partial charge in [0.05, 0.1) is 32.4 Å². The maximum atomic E-state index is 13.0. The number of aromatic nitrogens is 2. The molecule has 4 aromatic rings. The van der Waals surface area contributed by atoms with Crippen LogP contribution in [0.1, 0.15) is 30.1 Å². The molecule has 1 atom stereocenters. The highest BCUT2D eigenvalue weighted by Crippen LogP contribution is 2.34. The molecule has 0 spiro atoms. The number of hydrogen-bond donors (Lipinski definition) is 1. The van der Waals surface area contributed by atoms with Gasteiger partial charge in [0.15, 0.2) is 4.96 Å². The second-order valence-electron chi connectivity index (χ2n) is 8.72. The summed E-state index contributed by atoms with van der Waals surface area (Å²) in [4.78, 5) is 21.1. The summed E-state index contributed by atoms with van der Waals surface area (Å²) in [7, 11) is 3.28. The van der Waals surface area contributed by atoms with Gasteiger partial charge in [-0.1, -0.05) is 30.3 Å². The Kier molecular flexibility index (Phi) is 7.01. The lowest BCUT2D eigenvalue weighted by molar-refractivity contribution is -0.120. The Bertz CT molecular complexity index is 1290. The van der Waals surface area contributed by atoms with Gasteiger partial charge in [0, 0.05) is 29.4 Å². The van der Waals surface area contributed by atoms with Crippen molar-refractivity contribution in [3.05, 3.63) is 71.4 Å². The molecule has 1 unspecified atom stereocenters. The number of rotatable bonds is 9. The maximum absolute atomic E-state index is 13.0. The number of fused-ring (bicyclic) bond motifs is 1.